The molecule has 5 heteroatoms. The highest BCUT2D eigenvalue weighted by molar-refractivity contribution is 5.86. The quantitative estimate of drug-likeness (QED) is 0.791. The molecule has 21 heavy (non-hydrogen) atoms. The summed E-state index contributed by atoms with van der Waals surface area (Å²) in [5.74, 6) is -0.383. The molecule has 0 spiro atoms. The summed E-state index contributed by atoms with van der Waals surface area (Å²) in [7, 11) is 1.76. The molecule has 3 N–H and O–H groups in total. The van der Waals surface area contributed by atoms with E-state index in [1.54, 1.807) is 7.05 Å². The van der Waals surface area contributed by atoms with Crippen LogP contribution < -0.4 is 11.1 Å². The van der Waals surface area contributed by atoms with Crippen LogP contribution in [0.5, 0.6) is 0 Å². The second-order valence-corrected chi connectivity index (χ2v) is 5.32. The summed E-state index contributed by atoms with van der Waals surface area (Å²) in [6, 6.07) is 9.56. The highest BCUT2D eigenvalue weighted by Crippen LogP contribution is 2.25. The Kier molecular flexibility index (Phi) is 5.73. The lowest BCUT2D eigenvalue weighted by molar-refractivity contribution is -0.126. The summed E-state index contributed by atoms with van der Waals surface area (Å²) in [5.41, 5.74) is 5.64. The van der Waals surface area contributed by atoms with Crippen molar-refractivity contribution in [2.24, 2.45) is 5.73 Å². The van der Waals surface area contributed by atoms with Crippen molar-refractivity contribution < 1.29 is 14.3 Å². The van der Waals surface area contributed by atoms with E-state index in [4.69, 9.17) is 15.2 Å². The van der Waals surface area contributed by atoms with Crippen molar-refractivity contribution in [3.05, 3.63) is 35.9 Å². The molecule has 116 valence electrons. The second kappa shape index (κ2) is 7.54. The van der Waals surface area contributed by atoms with Crippen LogP contribution in [0.15, 0.2) is 30.3 Å². The zero-order chi connectivity index (χ0) is 15.1. The topological polar surface area (TPSA) is 73.6 Å². The standard InChI is InChI=1S/C16H24N2O3/c1-18-16(15(17)19,13-5-3-2-4-6-13)9-12-21-14-7-10-20-11-8-14/h2-6,14,18H,7-12H2,1H3,(H2,17,19). The summed E-state index contributed by atoms with van der Waals surface area (Å²) in [4.78, 5) is 12.0. The van der Waals surface area contributed by atoms with Gasteiger partial charge in [-0.2, -0.15) is 0 Å². The average Bonchev–Trinajstić information content (AvgIpc) is 2.53. The maximum atomic E-state index is 12.0. The SMILES string of the molecule is CNC(CCOC1CCOCC1)(C(N)=O)c1ccccc1. The summed E-state index contributed by atoms with van der Waals surface area (Å²) in [5, 5.41) is 3.09. The van der Waals surface area contributed by atoms with Crippen LogP contribution in [0.25, 0.3) is 0 Å². The minimum absolute atomic E-state index is 0.219. The van der Waals surface area contributed by atoms with E-state index in [1.807, 2.05) is 30.3 Å². The van der Waals surface area contributed by atoms with Crippen LogP contribution in [0.1, 0.15) is 24.8 Å². The van der Waals surface area contributed by atoms with Crippen LogP contribution in [0.2, 0.25) is 0 Å². The van der Waals surface area contributed by atoms with E-state index in [1.165, 1.54) is 0 Å². The van der Waals surface area contributed by atoms with Crippen molar-refractivity contribution in [2.45, 2.75) is 30.9 Å². The number of carbonyl (C=O) groups is 1. The highest BCUT2D eigenvalue weighted by Gasteiger charge is 2.36. The van der Waals surface area contributed by atoms with Crippen molar-refractivity contribution in [1.82, 2.24) is 5.32 Å². The molecule has 1 aliphatic rings. The third-order valence-corrected chi connectivity index (χ3v) is 4.11. The number of nitrogens with two attached hydrogens (primary N) is 1. The van der Waals surface area contributed by atoms with Gasteiger partial charge < -0.3 is 20.5 Å². The van der Waals surface area contributed by atoms with Gasteiger partial charge >= 0.3 is 0 Å². The van der Waals surface area contributed by atoms with E-state index < -0.39 is 5.54 Å². The molecule has 1 unspecified atom stereocenters. The van der Waals surface area contributed by atoms with Crippen LogP contribution in [-0.2, 0) is 19.8 Å². The van der Waals surface area contributed by atoms with Gasteiger partial charge in [0.1, 0.15) is 5.54 Å². The molecule has 0 aromatic heterocycles. The molecule has 1 saturated heterocycles. The number of benzene rings is 1. The molecule has 1 amide bonds. The molecule has 0 aliphatic carbocycles. The average molecular weight is 292 g/mol. The summed E-state index contributed by atoms with van der Waals surface area (Å²) < 4.78 is 11.2. The third kappa shape index (κ3) is 3.81. The number of hydrogen-bond donors (Lipinski definition) is 2. The van der Waals surface area contributed by atoms with E-state index >= 15 is 0 Å². The summed E-state index contributed by atoms with van der Waals surface area (Å²) in [6.45, 7) is 1.98. The molecule has 0 saturated carbocycles. The van der Waals surface area contributed by atoms with Crippen molar-refractivity contribution in [1.29, 1.82) is 0 Å². The van der Waals surface area contributed by atoms with Gasteiger partial charge in [-0.05, 0) is 25.5 Å². The molecule has 0 radical (unpaired) electrons. The molecule has 1 aliphatic heterocycles. The van der Waals surface area contributed by atoms with Gasteiger partial charge in [-0.1, -0.05) is 30.3 Å². The molecule has 1 heterocycles. The van der Waals surface area contributed by atoms with Crippen LogP contribution >= 0.6 is 0 Å². The minimum Gasteiger partial charge on any atom is -0.381 e. The molecular weight excluding hydrogens is 268 g/mol. The third-order valence-electron chi connectivity index (χ3n) is 4.11. The lowest BCUT2D eigenvalue weighted by Gasteiger charge is -2.32. The first kappa shape index (κ1) is 15.9. The lowest BCUT2D eigenvalue weighted by atomic mass is 9.86. The first-order valence-electron chi connectivity index (χ1n) is 7.43. The molecule has 1 aromatic rings. The van der Waals surface area contributed by atoms with Gasteiger partial charge in [-0.3, -0.25) is 4.79 Å². The second-order valence-electron chi connectivity index (χ2n) is 5.32. The van der Waals surface area contributed by atoms with Crippen LogP contribution in [-0.4, -0.2) is 38.9 Å². The predicted molar refractivity (Wildman–Crippen MR) is 80.8 cm³/mol. The maximum absolute atomic E-state index is 12.0. The van der Waals surface area contributed by atoms with Crippen molar-refractivity contribution in [2.75, 3.05) is 26.9 Å². The van der Waals surface area contributed by atoms with E-state index in [0.717, 1.165) is 31.6 Å². The lowest BCUT2D eigenvalue weighted by Crippen LogP contribution is -2.52. The van der Waals surface area contributed by atoms with Gasteiger partial charge in [0.05, 0.1) is 6.10 Å². The van der Waals surface area contributed by atoms with E-state index in [9.17, 15) is 4.79 Å². The number of nitrogens with one attached hydrogen (secondary N) is 1. The Morgan fingerprint density at radius 3 is 2.62 bits per heavy atom. The number of primary amides is 1. The normalized spacial score (nSPS) is 19.1. The van der Waals surface area contributed by atoms with Gasteiger partial charge in [-0.25, -0.2) is 0 Å². The Hall–Kier alpha value is -1.43. The zero-order valence-electron chi connectivity index (χ0n) is 12.5. The van der Waals surface area contributed by atoms with Gasteiger partial charge in [0, 0.05) is 26.2 Å². The van der Waals surface area contributed by atoms with E-state index in [-0.39, 0.29) is 12.0 Å². The highest BCUT2D eigenvalue weighted by atomic mass is 16.5. The van der Waals surface area contributed by atoms with E-state index in [2.05, 4.69) is 5.32 Å². The number of amides is 1. The first-order valence-corrected chi connectivity index (χ1v) is 7.43. The molecule has 2 rings (SSSR count). The molecule has 1 atom stereocenters. The fraction of sp³-hybridized carbons (Fsp3) is 0.562. The smallest absolute Gasteiger partial charge is 0.242 e. The van der Waals surface area contributed by atoms with Crippen LogP contribution in [0, 0.1) is 0 Å². The monoisotopic (exact) mass is 292 g/mol. The fourth-order valence-electron chi connectivity index (χ4n) is 2.75. The van der Waals surface area contributed by atoms with E-state index in [0.29, 0.717) is 13.0 Å². The number of likely N-dealkylation sites (N-methyl/N-ethyl adjacent to an activating group) is 1. The molecule has 5 nitrogen and oxygen atoms in total. The number of hydrogen-bond acceptors (Lipinski definition) is 4. The van der Waals surface area contributed by atoms with Crippen molar-refractivity contribution >= 4 is 5.91 Å². The number of ether oxygens (including phenoxy) is 2. The predicted octanol–water partition coefficient (Wildman–Crippen LogP) is 1.17. The zero-order valence-corrected chi connectivity index (χ0v) is 12.5. The molecule has 1 aromatic carbocycles. The largest absolute Gasteiger partial charge is 0.381 e. The van der Waals surface area contributed by atoms with Gasteiger partial charge in [0.15, 0.2) is 0 Å². The van der Waals surface area contributed by atoms with Crippen molar-refractivity contribution in [3.8, 4) is 0 Å². The number of carbonyl (C=O) groups excluding carboxylic acids is 1. The van der Waals surface area contributed by atoms with Gasteiger partial charge in [0.25, 0.3) is 0 Å². The van der Waals surface area contributed by atoms with Crippen LogP contribution in [0.4, 0.5) is 0 Å². The molecule has 0 bridgehead atoms. The van der Waals surface area contributed by atoms with Crippen molar-refractivity contribution in [3.63, 3.8) is 0 Å². The Morgan fingerprint density at radius 2 is 2.05 bits per heavy atom. The Morgan fingerprint density at radius 1 is 1.38 bits per heavy atom. The maximum Gasteiger partial charge on any atom is 0.242 e. The fourth-order valence-corrected chi connectivity index (χ4v) is 2.75. The molecular formula is C16H24N2O3. The summed E-state index contributed by atoms with van der Waals surface area (Å²) in [6.07, 6.45) is 2.56. The Labute approximate surface area is 125 Å². The van der Waals surface area contributed by atoms with Gasteiger partial charge in [-0.15, -0.1) is 0 Å². The Bertz CT molecular complexity index is 446. The molecule has 1 fully saturated rings. The van der Waals surface area contributed by atoms with Gasteiger partial charge in [0.2, 0.25) is 5.91 Å². The Balaban J connectivity index is 2.01. The number of rotatable bonds is 7. The van der Waals surface area contributed by atoms with Crippen LogP contribution in [0.3, 0.4) is 0 Å². The summed E-state index contributed by atoms with van der Waals surface area (Å²) >= 11 is 0. The minimum atomic E-state index is -0.883. The first-order chi connectivity index (χ1) is 10.2.